The average Bonchev–Trinajstić information content (AvgIpc) is 3.09. The number of fused-ring (bicyclic) bond motifs is 1. The molecule has 0 saturated heterocycles. The quantitative estimate of drug-likeness (QED) is 0.850. The van der Waals surface area contributed by atoms with Crippen LogP contribution in [0.3, 0.4) is 0 Å². The van der Waals surface area contributed by atoms with E-state index in [4.69, 9.17) is 0 Å². The molecule has 1 aliphatic heterocycles. The minimum absolute atomic E-state index is 0.0539. The van der Waals surface area contributed by atoms with E-state index >= 15 is 0 Å². The second kappa shape index (κ2) is 8.20. The van der Waals surface area contributed by atoms with Crippen molar-refractivity contribution in [3.05, 3.63) is 65.5 Å². The molecule has 3 amide bonds. The molecule has 0 saturated carbocycles. The van der Waals surface area contributed by atoms with Crippen LogP contribution in [0, 0.1) is 11.7 Å². The third-order valence-electron chi connectivity index (χ3n) is 4.74. The molecule has 6 heteroatoms. The van der Waals surface area contributed by atoms with Gasteiger partial charge in [0.1, 0.15) is 11.9 Å². The smallest absolute Gasteiger partial charge is 0.315 e. The summed E-state index contributed by atoms with van der Waals surface area (Å²) in [6.45, 7) is 4.70. The van der Waals surface area contributed by atoms with Crippen LogP contribution in [0.25, 0.3) is 0 Å². The minimum Gasteiger partial charge on any atom is -0.334 e. The molecule has 0 aromatic heterocycles. The Bertz CT molecular complexity index is 820. The summed E-state index contributed by atoms with van der Waals surface area (Å²) in [5.41, 5.74) is 2.85. The largest absolute Gasteiger partial charge is 0.334 e. The summed E-state index contributed by atoms with van der Waals surface area (Å²) in [4.78, 5) is 27.1. The van der Waals surface area contributed by atoms with Gasteiger partial charge < -0.3 is 15.5 Å². The van der Waals surface area contributed by atoms with Crippen molar-refractivity contribution in [1.29, 1.82) is 0 Å². The maximum atomic E-state index is 13.0. The number of hydrogen-bond donors (Lipinski definition) is 2. The number of carbonyl (C=O) groups is 2. The van der Waals surface area contributed by atoms with Crippen molar-refractivity contribution >= 4 is 17.6 Å². The predicted octanol–water partition coefficient (Wildman–Crippen LogP) is 3.24. The molecule has 5 nitrogen and oxygen atoms in total. The summed E-state index contributed by atoms with van der Waals surface area (Å²) in [5.74, 6) is -0.478. The van der Waals surface area contributed by atoms with Crippen LogP contribution in [-0.4, -0.2) is 24.5 Å². The Balaban J connectivity index is 1.62. The van der Waals surface area contributed by atoms with Gasteiger partial charge in [0.2, 0.25) is 5.91 Å². The number of amides is 3. The van der Waals surface area contributed by atoms with Gasteiger partial charge in [0.25, 0.3) is 0 Å². The molecule has 142 valence electrons. The van der Waals surface area contributed by atoms with Crippen LogP contribution >= 0.6 is 0 Å². The van der Waals surface area contributed by atoms with Crippen molar-refractivity contribution in [2.75, 3.05) is 11.4 Å². The van der Waals surface area contributed by atoms with Gasteiger partial charge >= 0.3 is 6.03 Å². The molecule has 0 aliphatic carbocycles. The number of hydrogen-bond acceptors (Lipinski definition) is 2. The molecule has 1 heterocycles. The van der Waals surface area contributed by atoms with Gasteiger partial charge in [0, 0.05) is 18.8 Å². The normalized spacial score (nSPS) is 14.0. The summed E-state index contributed by atoms with van der Waals surface area (Å²) < 4.78 is 12.9. The lowest BCUT2D eigenvalue weighted by Gasteiger charge is -2.27. The standard InChI is InChI=1S/C21H24FN3O2/c1-14(2)19(20(26)25-12-11-16-5-3-4-6-18(16)25)24-21(27)23-13-15-7-9-17(22)10-8-15/h3-10,14,19H,11-13H2,1-2H3,(H2,23,24,27)/t19-/m0/s1. The summed E-state index contributed by atoms with van der Waals surface area (Å²) in [7, 11) is 0. The number of nitrogens with zero attached hydrogens (tertiary/aromatic N) is 1. The number of urea groups is 1. The Morgan fingerprint density at radius 2 is 1.81 bits per heavy atom. The molecular weight excluding hydrogens is 345 g/mol. The third-order valence-corrected chi connectivity index (χ3v) is 4.74. The van der Waals surface area contributed by atoms with Crippen molar-refractivity contribution in [1.82, 2.24) is 10.6 Å². The Labute approximate surface area is 158 Å². The second-order valence-corrected chi connectivity index (χ2v) is 7.04. The van der Waals surface area contributed by atoms with E-state index in [-0.39, 0.29) is 24.2 Å². The van der Waals surface area contributed by atoms with E-state index in [9.17, 15) is 14.0 Å². The maximum Gasteiger partial charge on any atom is 0.315 e. The zero-order valence-electron chi connectivity index (χ0n) is 15.5. The van der Waals surface area contributed by atoms with Gasteiger partial charge in [0.15, 0.2) is 0 Å². The first-order chi connectivity index (χ1) is 13.0. The molecule has 2 aromatic rings. The zero-order valence-corrected chi connectivity index (χ0v) is 15.5. The lowest BCUT2D eigenvalue weighted by Crippen LogP contribution is -2.53. The monoisotopic (exact) mass is 369 g/mol. The average molecular weight is 369 g/mol. The highest BCUT2D eigenvalue weighted by molar-refractivity contribution is 6.00. The Kier molecular flexibility index (Phi) is 5.74. The number of carbonyl (C=O) groups excluding carboxylic acids is 2. The molecule has 1 aliphatic rings. The molecule has 2 N–H and O–H groups in total. The van der Waals surface area contributed by atoms with Crippen LogP contribution in [0.5, 0.6) is 0 Å². The van der Waals surface area contributed by atoms with Crippen LogP contribution < -0.4 is 15.5 Å². The molecule has 0 bridgehead atoms. The second-order valence-electron chi connectivity index (χ2n) is 7.04. The SMILES string of the molecule is CC(C)[C@H](NC(=O)NCc1ccc(F)cc1)C(=O)N1CCc2ccccc21. The van der Waals surface area contributed by atoms with Crippen molar-refractivity contribution < 1.29 is 14.0 Å². The van der Waals surface area contributed by atoms with Crippen molar-refractivity contribution in [3.8, 4) is 0 Å². The van der Waals surface area contributed by atoms with E-state index in [1.54, 1.807) is 17.0 Å². The fraction of sp³-hybridized carbons (Fsp3) is 0.333. The van der Waals surface area contributed by atoms with E-state index < -0.39 is 12.1 Å². The first-order valence-corrected chi connectivity index (χ1v) is 9.14. The lowest BCUT2D eigenvalue weighted by molar-refractivity contribution is -0.121. The van der Waals surface area contributed by atoms with E-state index in [2.05, 4.69) is 10.6 Å². The molecular formula is C21H24FN3O2. The number of anilines is 1. The van der Waals surface area contributed by atoms with Crippen molar-refractivity contribution in [2.24, 2.45) is 5.92 Å². The highest BCUT2D eigenvalue weighted by Gasteiger charge is 2.32. The molecule has 2 aromatic carbocycles. The van der Waals surface area contributed by atoms with E-state index in [1.807, 2.05) is 38.1 Å². The number of benzene rings is 2. The first kappa shape index (κ1) is 18.9. The molecule has 1 atom stereocenters. The van der Waals surface area contributed by atoms with E-state index in [0.717, 1.165) is 23.2 Å². The Morgan fingerprint density at radius 1 is 1.11 bits per heavy atom. The van der Waals surface area contributed by atoms with Gasteiger partial charge in [-0.15, -0.1) is 0 Å². The molecule has 3 rings (SSSR count). The van der Waals surface area contributed by atoms with Crippen LogP contribution in [0.4, 0.5) is 14.9 Å². The number of nitrogens with one attached hydrogen (secondary N) is 2. The maximum absolute atomic E-state index is 13.0. The Hall–Kier alpha value is -2.89. The highest BCUT2D eigenvalue weighted by atomic mass is 19.1. The van der Waals surface area contributed by atoms with Crippen LogP contribution in [0.1, 0.15) is 25.0 Å². The number of halogens is 1. The van der Waals surface area contributed by atoms with E-state index in [1.165, 1.54) is 12.1 Å². The number of rotatable bonds is 5. The number of para-hydroxylation sites is 1. The van der Waals surface area contributed by atoms with Crippen molar-refractivity contribution in [3.63, 3.8) is 0 Å². The van der Waals surface area contributed by atoms with E-state index in [0.29, 0.717) is 6.54 Å². The fourth-order valence-corrected chi connectivity index (χ4v) is 3.23. The van der Waals surface area contributed by atoms with Crippen molar-refractivity contribution in [2.45, 2.75) is 32.9 Å². The zero-order chi connectivity index (χ0) is 19.4. The van der Waals surface area contributed by atoms with Gasteiger partial charge in [-0.1, -0.05) is 44.2 Å². The van der Waals surface area contributed by atoms with Gasteiger partial charge in [-0.2, -0.15) is 0 Å². The predicted molar refractivity (Wildman–Crippen MR) is 103 cm³/mol. The van der Waals surface area contributed by atoms with Gasteiger partial charge in [-0.05, 0) is 41.7 Å². The topological polar surface area (TPSA) is 61.4 Å². The molecule has 0 radical (unpaired) electrons. The summed E-state index contributed by atoms with van der Waals surface area (Å²) in [6.07, 6.45) is 0.823. The van der Waals surface area contributed by atoms with Crippen LogP contribution in [-0.2, 0) is 17.8 Å². The van der Waals surface area contributed by atoms with Gasteiger partial charge in [-0.25, -0.2) is 9.18 Å². The minimum atomic E-state index is -0.621. The summed E-state index contributed by atoms with van der Waals surface area (Å²) in [5, 5.41) is 5.52. The molecule has 0 spiro atoms. The van der Waals surface area contributed by atoms with Crippen LogP contribution in [0.15, 0.2) is 48.5 Å². The molecule has 0 unspecified atom stereocenters. The lowest BCUT2D eigenvalue weighted by atomic mass is 10.0. The summed E-state index contributed by atoms with van der Waals surface area (Å²) >= 11 is 0. The summed E-state index contributed by atoms with van der Waals surface area (Å²) in [6, 6.07) is 12.7. The fourth-order valence-electron chi connectivity index (χ4n) is 3.23. The third kappa shape index (κ3) is 4.45. The molecule has 0 fully saturated rings. The Morgan fingerprint density at radius 3 is 2.52 bits per heavy atom. The van der Waals surface area contributed by atoms with Crippen LogP contribution in [0.2, 0.25) is 0 Å². The van der Waals surface area contributed by atoms with Gasteiger partial charge in [-0.3, -0.25) is 4.79 Å². The first-order valence-electron chi connectivity index (χ1n) is 9.14. The highest BCUT2D eigenvalue weighted by Crippen LogP contribution is 2.28. The molecule has 27 heavy (non-hydrogen) atoms. The van der Waals surface area contributed by atoms with Gasteiger partial charge in [0.05, 0.1) is 0 Å².